The van der Waals surface area contributed by atoms with Crippen molar-refractivity contribution in [1.29, 1.82) is 0 Å². The van der Waals surface area contributed by atoms with E-state index >= 15 is 0 Å². The molecule has 170 valence electrons. The van der Waals surface area contributed by atoms with Crippen molar-refractivity contribution >= 4 is 6.08 Å². The maximum atomic E-state index is 6.16. The van der Waals surface area contributed by atoms with E-state index < -0.39 is 0 Å². The lowest BCUT2D eigenvalue weighted by Crippen LogP contribution is -2.17. The van der Waals surface area contributed by atoms with Crippen LogP contribution in [0, 0.1) is 6.92 Å². The molecule has 1 nitrogen and oxygen atoms in total. The van der Waals surface area contributed by atoms with Crippen LogP contribution in [0.15, 0.2) is 29.8 Å². The molecule has 0 atom stereocenters. The Morgan fingerprint density at radius 2 is 1.23 bits per heavy atom. The first-order chi connectivity index (χ1) is 14.0. The van der Waals surface area contributed by atoms with Crippen molar-refractivity contribution in [3.8, 4) is 16.9 Å². The summed E-state index contributed by atoms with van der Waals surface area (Å²) in [6.07, 6.45) is 2.31. The van der Waals surface area contributed by atoms with Gasteiger partial charge in [0.15, 0.2) is 0 Å². The summed E-state index contributed by atoms with van der Waals surface area (Å²) in [5, 5.41) is 0. The third-order valence-electron chi connectivity index (χ3n) is 5.93. The lowest BCUT2D eigenvalue weighted by molar-refractivity contribution is 0.399. The normalized spacial score (nSPS) is 12.7. The van der Waals surface area contributed by atoms with Gasteiger partial charge >= 0.3 is 0 Å². The number of hydrogen-bond acceptors (Lipinski definition) is 1. The summed E-state index contributed by atoms with van der Waals surface area (Å²) in [4.78, 5) is 0. The summed E-state index contributed by atoms with van der Waals surface area (Å²) >= 11 is 0. The molecule has 31 heavy (non-hydrogen) atoms. The van der Waals surface area contributed by atoms with Crippen LogP contribution in [0.25, 0.3) is 17.2 Å². The monoisotopic (exact) mass is 420 g/mol. The van der Waals surface area contributed by atoms with Crippen molar-refractivity contribution in [3.63, 3.8) is 0 Å². The minimum atomic E-state index is -0.0111. The van der Waals surface area contributed by atoms with E-state index in [-0.39, 0.29) is 16.2 Å². The van der Waals surface area contributed by atoms with Crippen LogP contribution in [0.5, 0.6) is 5.75 Å². The fourth-order valence-electron chi connectivity index (χ4n) is 3.98. The predicted molar refractivity (Wildman–Crippen MR) is 139 cm³/mol. The first-order valence-corrected chi connectivity index (χ1v) is 11.5. The Labute approximate surface area is 191 Å². The van der Waals surface area contributed by atoms with E-state index in [4.69, 9.17) is 4.74 Å². The second-order valence-electron chi connectivity index (χ2n) is 12.3. The van der Waals surface area contributed by atoms with Gasteiger partial charge in [-0.1, -0.05) is 98.2 Å². The number of hydrogen-bond donors (Lipinski definition) is 0. The Bertz CT molecular complexity index is 947. The minimum absolute atomic E-state index is 0.0111. The van der Waals surface area contributed by atoms with Gasteiger partial charge in [-0.25, -0.2) is 0 Å². The zero-order valence-corrected chi connectivity index (χ0v) is 22.3. The Balaban J connectivity index is 3.10. The van der Waals surface area contributed by atoms with Crippen molar-refractivity contribution < 1.29 is 4.74 Å². The van der Waals surface area contributed by atoms with Crippen LogP contribution in [0.4, 0.5) is 0 Å². The van der Waals surface area contributed by atoms with Crippen molar-refractivity contribution in [2.45, 2.75) is 99.3 Å². The van der Waals surface area contributed by atoms with Crippen molar-refractivity contribution in [3.05, 3.63) is 57.7 Å². The molecule has 0 fully saturated rings. The molecular weight excluding hydrogens is 376 g/mol. The highest BCUT2D eigenvalue weighted by molar-refractivity contribution is 5.85. The third kappa shape index (κ3) is 5.62. The molecule has 2 aromatic carbocycles. The lowest BCUT2D eigenvalue weighted by atomic mass is 9.76. The molecule has 0 bridgehead atoms. The molecule has 0 radical (unpaired) electrons. The molecule has 0 saturated heterocycles. The van der Waals surface area contributed by atoms with Crippen LogP contribution in [0.3, 0.4) is 0 Å². The molecule has 0 unspecified atom stereocenters. The van der Waals surface area contributed by atoms with E-state index in [1.165, 1.54) is 44.5 Å². The second-order valence-corrected chi connectivity index (χ2v) is 12.3. The van der Waals surface area contributed by atoms with E-state index in [0.29, 0.717) is 0 Å². The Kier molecular flexibility index (Phi) is 6.91. The first-order valence-electron chi connectivity index (χ1n) is 11.5. The predicted octanol–water partition coefficient (Wildman–Crippen LogP) is 8.99. The molecule has 0 N–H and O–H groups in total. The van der Waals surface area contributed by atoms with Crippen LogP contribution in [0.2, 0.25) is 0 Å². The fraction of sp³-hybridized carbons (Fsp3) is 0.533. The van der Waals surface area contributed by atoms with Gasteiger partial charge in [0.2, 0.25) is 0 Å². The van der Waals surface area contributed by atoms with Gasteiger partial charge in [0.1, 0.15) is 5.75 Å². The molecule has 1 heteroatoms. The minimum Gasteiger partial charge on any atom is -0.496 e. The van der Waals surface area contributed by atoms with Crippen LogP contribution in [-0.4, -0.2) is 7.11 Å². The topological polar surface area (TPSA) is 9.23 Å². The first kappa shape index (κ1) is 25.2. The number of aryl methyl sites for hydroxylation is 1. The van der Waals surface area contributed by atoms with E-state index in [1.807, 2.05) is 7.11 Å². The highest BCUT2D eigenvalue weighted by Gasteiger charge is 2.27. The van der Waals surface area contributed by atoms with E-state index in [1.54, 1.807) is 0 Å². The van der Waals surface area contributed by atoms with E-state index in [2.05, 4.69) is 113 Å². The SMILES string of the molecule is COc1c(C(C)(C)C)cc(C)c(C=C(C)C)c1-c1cc(C(C)(C)C)cc(C(C)(C)C)c1. The average molecular weight is 421 g/mol. The Morgan fingerprint density at radius 3 is 1.58 bits per heavy atom. The van der Waals surface area contributed by atoms with Crippen LogP contribution >= 0.6 is 0 Å². The van der Waals surface area contributed by atoms with E-state index in [9.17, 15) is 0 Å². The Hall–Kier alpha value is -2.02. The number of methoxy groups -OCH3 is 1. The largest absolute Gasteiger partial charge is 0.496 e. The van der Waals surface area contributed by atoms with Gasteiger partial charge in [0, 0.05) is 11.1 Å². The Morgan fingerprint density at radius 1 is 0.742 bits per heavy atom. The molecule has 0 heterocycles. The van der Waals surface area contributed by atoms with Crippen LogP contribution in [-0.2, 0) is 16.2 Å². The maximum Gasteiger partial charge on any atom is 0.131 e. The van der Waals surface area contributed by atoms with Crippen molar-refractivity contribution in [1.82, 2.24) is 0 Å². The molecule has 0 saturated carbocycles. The number of rotatable bonds is 3. The summed E-state index contributed by atoms with van der Waals surface area (Å²) in [5.74, 6) is 0.997. The molecule has 0 amide bonds. The average Bonchev–Trinajstić information content (AvgIpc) is 2.59. The summed E-state index contributed by atoms with van der Waals surface area (Å²) in [6.45, 7) is 27.1. The summed E-state index contributed by atoms with van der Waals surface area (Å²) in [5.41, 5.74) is 10.4. The second kappa shape index (κ2) is 8.49. The summed E-state index contributed by atoms with van der Waals surface area (Å²) in [6, 6.07) is 9.45. The zero-order chi connectivity index (χ0) is 23.9. The highest BCUT2D eigenvalue weighted by atomic mass is 16.5. The van der Waals surface area contributed by atoms with Gasteiger partial charge in [-0.15, -0.1) is 0 Å². The lowest BCUT2D eigenvalue weighted by Gasteiger charge is -2.29. The molecule has 0 aliphatic rings. The van der Waals surface area contributed by atoms with Gasteiger partial charge in [0.05, 0.1) is 7.11 Å². The molecule has 0 spiro atoms. The van der Waals surface area contributed by atoms with Gasteiger partial charge in [-0.2, -0.15) is 0 Å². The molecule has 2 rings (SSSR count). The van der Waals surface area contributed by atoms with Gasteiger partial charge < -0.3 is 4.74 Å². The molecular formula is C30H44O. The molecule has 0 aliphatic carbocycles. The van der Waals surface area contributed by atoms with Crippen LogP contribution < -0.4 is 4.74 Å². The zero-order valence-electron chi connectivity index (χ0n) is 22.3. The smallest absolute Gasteiger partial charge is 0.131 e. The van der Waals surface area contributed by atoms with Gasteiger partial charge in [-0.3, -0.25) is 0 Å². The van der Waals surface area contributed by atoms with Crippen molar-refractivity contribution in [2.24, 2.45) is 0 Å². The van der Waals surface area contributed by atoms with Crippen molar-refractivity contribution in [2.75, 3.05) is 7.11 Å². The summed E-state index contributed by atoms with van der Waals surface area (Å²) < 4.78 is 6.16. The molecule has 2 aromatic rings. The van der Waals surface area contributed by atoms with Gasteiger partial charge in [-0.05, 0) is 64.8 Å². The third-order valence-corrected chi connectivity index (χ3v) is 5.93. The number of allylic oxidation sites excluding steroid dienone is 1. The standard InChI is InChI=1S/C30H44O/c1-19(2)14-24-20(3)15-25(30(10,11)12)27(31-13)26(24)21-16-22(28(4,5)6)18-23(17-21)29(7,8)9/h14-18H,1-13H3. The number of benzene rings is 2. The summed E-state index contributed by atoms with van der Waals surface area (Å²) in [7, 11) is 1.81. The van der Waals surface area contributed by atoms with Gasteiger partial charge in [0.25, 0.3) is 0 Å². The molecule has 0 aromatic heterocycles. The quantitative estimate of drug-likeness (QED) is 0.481. The fourth-order valence-corrected chi connectivity index (χ4v) is 3.98. The maximum absolute atomic E-state index is 6.16. The number of ether oxygens (including phenoxy) is 1. The highest BCUT2D eigenvalue weighted by Crippen LogP contribution is 2.45. The van der Waals surface area contributed by atoms with Crippen LogP contribution in [0.1, 0.15) is 104 Å². The molecule has 0 aliphatic heterocycles. The van der Waals surface area contributed by atoms with E-state index in [0.717, 1.165) is 5.75 Å².